The number of carbonyl (C=O) groups is 1. The average molecular weight is 389 g/mol. The van der Waals surface area contributed by atoms with Gasteiger partial charge in [0.2, 0.25) is 5.91 Å². The largest absolute Gasteiger partial charge is 0.378 e. The van der Waals surface area contributed by atoms with Crippen LogP contribution in [0.1, 0.15) is 32.1 Å². The van der Waals surface area contributed by atoms with Crippen molar-refractivity contribution in [3.8, 4) is 0 Å². The van der Waals surface area contributed by atoms with Crippen LogP contribution in [0.3, 0.4) is 0 Å². The molecule has 1 aromatic rings. The molecule has 0 bridgehead atoms. The first-order valence-electron chi connectivity index (χ1n) is 10.7. The summed E-state index contributed by atoms with van der Waals surface area (Å²) in [6, 6.07) is 2.47. The molecule has 8 nitrogen and oxygen atoms in total. The summed E-state index contributed by atoms with van der Waals surface area (Å²) in [5.41, 5.74) is 0. The molecular weight excluding hydrogens is 356 g/mol. The van der Waals surface area contributed by atoms with Gasteiger partial charge in [0.05, 0.1) is 19.8 Å². The third-order valence-electron chi connectivity index (χ3n) is 6.01. The number of morpholine rings is 1. The lowest BCUT2D eigenvalue weighted by Crippen LogP contribution is -2.51. The number of nitrogens with zero attached hydrogens (tertiary/aromatic N) is 5. The maximum Gasteiger partial charge on any atom is 0.234 e. The van der Waals surface area contributed by atoms with Gasteiger partial charge in [-0.15, -0.1) is 0 Å². The van der Waals surface area contributed by atoms with Crippen LogP contribution in [-0.4, -0.2) is 85.8 Å². The van der Waals surface area contributed by atoms with Gasteiger partial charge in [0.1, 0.15) is 18.0 Å². The van der Waals surface area contributed by atoms with Crippen LogP contribution in [0.15, 0.2) is 12.4 Å². The van der Waals surface area contributed by atoms with Crippen molar-refractivity contribution in [2.24, 2.45) is 0 Å². The van der Waals surface area contributed by atoms with Crippen molar-refractivity contribution >= 4 is 17.5 Å². The summed E-state index contributed by atoms with van der Waals surface area (Å²) < 4.78 is 5.43. The van der Waals surface area contributed by atoms with Crippen molar-refractivity contribution in [1.82, 2.24) is 20.2 Å². The summed E-state index contributed by atoms with van der Waals surface area (Å²) >= 11 is 0. The standard InChI is InChI=1S/C20H32N6O2/c27-20(23-17-4-2-1-3-5-17)15-24-6-8-25(9-7-24)18-14-19(22-16-21-18)26-10-12-28-13-11-26/h14,16-17H,1-13,15H2,(H,23,27). The average Bonchev–Trinajstić information content (AvgIpc) is 2.76. The highest BCUT2D eigenvalue weighted by molar-refractivity contribution is 5.78. The first-order valence-corrected chi connectivity index (χ1v) is 10.7. The molecule has 1 amide bonds. The third-order valence-corrected chi connectivity index (χ3v) is 6.01. The van der Waals surface area contributed by atoms with Crippen LogP contribution < -0.4 is 15.1 Å². The molecular formula is C20H32N6O2. The lowest BCUT2D eigenvalue weighted by Gasteiger charge is -2.36. The quantitative estimate of drug-likeness (QED) is 0.803. The van der Waals surface area contributed by atoms with Crippen molar-refractivity contribution in [3.63, 3.8) is 0 Å². The Hall–Kier alpha value is -1.93. The lowest BCUT2D eigenvalue weighted by molar-refractivity contribution is -0.123. The van der Waals surface area contributed by atoms with Crippen molar-refractivity contribution in [1.29, 1.82) is 0 Å². The molecule has 1 aliphatic carbocycles. The van der Waals surface area contributed by atoms with Crippen molar-refractivity contribution in [2.75, 3.05) is 68.8 Å². The summed E-state index contributed by atoms with van der Waals surface area (Å²) in [4.78, 5) is 28.1. The van der Waals surface area contributed by atoms with Crippen LogP contribution in [-0.2, 0) is 9.53 Å². The monoisotopic (exact) mass is 388 g/mol. The van der Waals surface area contributed by atoms with Gasteiger partial charge in [0, 0.05) is 51.4 Å². The number of hydrogen-bond acceptors (Lipinski definition) is 7. The van der Waals surface area contributed by atoms with Crippen LogP contribution in [0.25, 0.3) is 0 Å². The lowest BCUT2D eigenvalue weighted by atomic mass is 9.95. The van der Waals surface area contributed by atoms with Gasteiger partial charge in [-0.1, -0.05) is 19.3 Å². The summed E-state index contributed by atoms with van der Waals surface area (Å²) in [7, 11) is 0. The predicted octanol–water partition coefficient (Wildman–Crippen LogP) is 0.884. The van der Waals surface area contributed by atoms with Gasteiger partial charge in [-0.25, -0.2) is 9.97 Å². The van der Waals surface area contributed by atoms with Crippen molar-refractivity contribution < 1.29 is 9.53 Å². The molecule has 154 valence electrons. The molecule has 1 aromatic heterocycles. The van der Waals surface area contributed by atoms with Crippen molar-refractivity contribution in [2.45, 2.75) is 38.1 Å². The smallest absolute Gasteiger partial charge is 0.234 e. The second-order valence-electron chi connectivity index (χ2n) is 8.00. The number of aromatic nitrogens is 2. The molecule has 0 unspecified atom stereocenters. The summed E-state index contributed by atoms with van der Waals surface area (Å²) in [5.74, 6) is 2.13. The van der Waals surface area contributed by atoms with E-state index in [0.29, 0.717) is 12.6 Å². The second-order valence-corrected chi connectivity index (χ2v) is 8.00. The molecule has 1 saturated carbocycles. The molecule has 3 fully saturated rings. The Kier molecular flexibility index (Phi) is 6.59. The van der Waals surface area contributed by atoms with E-state index in [1.165, 1.54) is 19.3 Å². The predicted molar refractivity (Wildman–Crippen MR) is 109 cm³/mol. The molecule has 0 atom stereocenters. The van der Waals surface area contributed by atoms with Crippen LogP contribution in [0.2, 0.25) is 0 Å². The molecule has 3 heterocycles. The Morgan fingerprint density at radius 2 is 1.61 bits per heavy atom. The highest BCUT2D eigenvalue weighted by Gasteiger charge is 2.23. The number of amides is 1. The van der Waals surface area contributed by atoms with Gasteiger partial charge in [-0.2, -0.15) is 0 Å². The SMILES string of the molecule is O=C(CN1CCN(c2cc(N3CCOCC3)ncn2)CC1)NC1CCCCC1. The van der Waals surface area contributed by atoms with Crippen LogP contribution >= 0.6 is 0 Å². The van der Waals surface area contributed by atoms with E-state index >= 15 is 0 Å². The first kappa shape index (κ1) is 19.4. The summed E-state index contributed by atoms with van der Waals surface area (Å²) in [6.07, 6.45) is 7.73. The Balaban J connectivity index is 1.25. The zero-order valence-corrected chi connectivity index (χ0v) is 16.7. The van der Waals surface area contributed by atoms with E-state index in [4.69, 9.17) is 4.74 Å². The fraction of sp³-hybridized carbons (Fsp3) is 0.750. The number of hydrogen-bond donors (Lipinski definition) is 1. The minimum absolute atomic E-state index is 0.178. The molecule has 1 N–H and O–H groups in total. The highest BCUT2D eigenvalue weighted by Crippen LogP contribution is 2.20. The maximum absolute atomic E-state index is 12.3. The Bertz CT molecular complexity index is 637. The van der Waals surface area contributed by atoms with E-state index in [1.54, 1.807) is 6.33 Å². The number of nitrogens with one attached hydrogen (secondary N) is 1. The Morgan fingerprint density at radius 3 is 2.29 bits per heavy atom. The molecule has 2 saturated heterocycles. The summed E-state index contributed by atoms with van der Waals surface area (Å²) in [5, 5.41) is 3.22. The second kappa shape index (κ2) is 9.52. The number of piperazine rings is 1. The molecule has 0 spiro atoms. The molecule has 2 aliphatic heterocycles. The van der Waals surface area contributed by atoms with Crippen LogP contribution in [0.4, 0.5) is 11.6 Å². The minimum Gasteiger partial charge on any atom is -0.378 e. The molecule has 0 radical (unpaired) electrons. The Morgan fingerprint density at radius 1 is 0.964 bits per heavy atom. The highest BCUT2D eigenvalue weighted by atomic mass is 16.5. The number of anilines is 2. The Labute approximate surface area is 167 Å². The van der Waals surface area contributed by atoms with Gasteiger partial charge in [-0.3, -0.25) is 9.69 Å². The molecule has 4 rings (SSSR count). The number of ether oxygens (including phenoxy) is 1. The van der Waals surface area contributed by atoms with E-state index in [2.05, 4.69) is 36.1 Å². The van der Waals surface area contributed by atoms with E-state index < -0.39 is 0 Å². The zero-order valence-electron chi connectivity index (χ0n) is 16.7. The molecule has 8 heteroatoms. The van der Waals surface area contributed by atoms with Gasteiger partial charge in [-0.05, 0) is 12.8 Å². The van der Waals surface area contributed by atoms with E-state index in [0.717, 1.165) is 77.0 Å². The van der Waals surface area contributed by atoms with Crippen LogP contribution in [0.5, 0.6) is 0 Å². The van der Waals surface area contributed by atoms with Gasteiger partial charge in [0.15, 0.2) is 0 Å². The molecule has 0 aromatic carbocycles. The third kappa shape index (κ3) is 5.11. The van der Waals surface area contributed by atoms with E-state index in [9.17, 15) is 4.79 Å². The van der Waals surface area contributed by atoms with Crippen LogP contribution in [0, 0.1) is 0 Å². The van der Waals surface area contributed by atoms with E-state index in [1.807, 2.05) is 0 Å². The minimum atomic E-state index is 0.178. The fourth-order valence-corrected chi connectivity index (χ4v) is 4.33. The number of carbonyl (C=O) groups excluding carboxylic acids is 1. The van der Waals surface area contributed by atoms with Gasteiger partial charge < -0.3 is 19.9 Å². The van der Waals surface area contributed by atoms with E-state index in [-0.39, 0.29) is 5.91 Å². The normalized spacial score (nSPS) is 22.3. The first-order chi connectivity index (χ1) is 13.8. The fourth-order valence-electron chi connectivity index (χ4n) is 4.33. The summed E-state index contributed by atoms with van der Waals surface area (Å²) in [6.45, 7) is 7.30. The maximum atomic E-state index is 12.3. The van der Waals surface area contributed by atoms with Gasteiger partial charge >= 0.3 is 0 Å². The van der Waals surface area contributed by atoms with Gasteiger partial charge in [0.25, 0.3) is 0 Å². The topological polar surface area (TPSA) is 73.8 Å². The molecule has 3 aliphatic rings. The molecule has 28 heavy (non-hydrogen) atoms. The number of rotatable bonds is 5. The van der Waals surface area contributed by atoms with Crippen molar-refractivity contribution in [3.05, 3.63) is 12.4 Å². The zero-order chi connectivity index (χ0) is 19.2.